The highest BCUT2D eigenvalue weighted by Crippen LogP contribution is 2.65. The number of likely N-dealkylation sites (tertiary alicyclic amines) is 1. The van der Waals surface area contributed by atoms with Crippen LogP contribution in [0, 0.1) is 17.3 Å². The van der Waals surface area contributed by atoms with Gasteiger partial charge in [0.25, 0.3) is 0 Å². The van der Waals surface area contributed by atoms with Crippen LogP contribution in [0.15, 0.2) is 0 Å². The average molecular weight is 283 g/mol. The summed E-state index contributed by atoms with van der Waals surface area (Å²) in [5, 5.41) is 0. The van der Waals surface area contributed by atoms with Gasteiger partial charge in [0.2, 0.25) is 0 Å². The molecule has 1 aliphatic carbocycles. The number of rotatable bonds is 2. The van der Waals surface area contributed by atoms with Crippen LogP contribution in [0.3, 0.4) is 0 Å². The van der Waals surface area contributed by atoms with Gasteiger partial charge in [-0.1, -0.05) is 13.8 Å². The molecule has 1 saturated heterocycles. The molecule has 0 N–H and O–H groups in total. The molecule has 114 valence electrons. The molecule has 2 unspecified atom stereocenters. The third-order valence-electron chi connectivity index (χ3n) is 4.58. The number of carbonyl (C=O) groups is 2. The first-order valence-corrected chi connectivity index (χ1v) is 7.14. The van der Waals surface area contributed by atoms with Gasteiger partial charge >= 0.3 is 12.1 Å². The lowest BCUT2D eigenvalue weighted by Gasteiger charge is -2.32. The van der Waals surface area contributed by atoms with Crippen LogP contribution in [-0.2, 0) is 14.3 Å². The number of methoxy groups -OCH3 is 1. The quantitative estimate of drug-likeness (QED) is 0.730. The van der Waals surface area contributed by atoms with Crippen molar-refractivity contribution in [3.8, 4) is 0 Å². The maximum absolute atomic E-state index is 12.3. The van der Waals surface area contributed by atoms with Crippen LogP contribution in [0.4, 0.5) is 4.79 Å². The fourth-order valence-corrected chi connectivity index (χ4v) is 3.46. The summed E-state index contributed by atoms with van der Waals surface area (Å²) < 4.78 is 10.2. The minimum atomic E-state index is -0.519. The normalized spacial score (nSPS) is 30.7. The summed E-state index contributed by atoms with van der Waals surface area (Å²) in [6.07, 6.45) is -0.0743. The van der Waals surface area contributed by atoms with Gasteiger partial charge in [0.15, 0.2) is 0 Å². The first kappa shape index (κ1) is 15.1. The van der Waals surface area contributed by atoms with Crippen molar-refractivity contribution in [2.45, 2.75) is 52.7 Å². The van der Waals surface area contributed by atoms with Gasteiger partial charge in [-0.2, -0.15) is 0 Å². The summed E-state index contributed by atoms with van der Waals surface area (Å²) in [7, 11) is 1.38. The maximum atomic E-state index is 12.3. The first-order chi connectivity index (χ1) is 9.08. The predicted octanol–water partition coefficient (Wildman–Crippen LogP) is 2.44. The van der Waals surface area contributed by atoms with Crippen molar-refractivity contribution in [2.24, 2.45) is 17.3 Å². The number of carbonyl (C=O) groups excluding carboxylic acids is 2. The van der Waals surface area contributed by atoms with Crippen molar-refractivity contribution in [2.75, 3.05) is 13.7 Å². The van der Waals surface area contributed by atoms with E-state index in [2.05, 4.69) is 13.8 Å². The highest BCUT2D eigenvalue weighted by molar-refractivity contribution is 5.74. The molecular weight excluding hydrogens is 258 g/mol. The van der Waals surface area contributed by atoms with Crippen LogP contribution >= 0.6 is 0 Å². The number of fused-ring (bicyclic) bond motifs is 1. The van der Waals surface area contributed by atoms with Crippen LogP contribution < -0.4 is 0 Å². The molecule has 0 aromatic rings. The molecule has 0 spiro atoms. The zero-order chi connectivity index (χ0) is 15.3. The summed E-state index contributed by atoms with van der Waals surface area (Å²) in [5.41, 5.74) is -0.313. The lowest BCUT2D eigenvalue weighted by molar-refractivity contribution is -0.142. The molecule has 0 aromatic heterocycles. The van der Waals surface area contributed by atoms with Gasteiger partial charge < -0.3 is 14.4 Å². The van der Waals surface area contributed by atoms with E-state index in [-0.39, 0.29) is 29.9 Å². The summed E-state index contributed by atoms with van der Waals surface area (Å²) in [6.45, 7) is 10.6. The molecule has 1 heterocycles. The molecule has 20 heavy (non-hydrogen) atoms. The van der Waals surface area contributed by atoms with Crippen LogP contribution in [-0.4, -0.2) is 42.3 Å². The van der Waals surface area contributed by atoms with E-state index in [0.717, 1.165) is 0 Å². The minimum Gasteiger partial charge on any atom is -0.469 e. The molecule has 5 heteroatoms. The van der Waals surface area contributed by atoms with Crippen LogP contribution in [0.2, 0.25) is 0 Å². The van der Waals surface area contributed by atoms with Crippen LogP contribution in [0.1, 0.15) is 41.0 Å². The highest BCUT2D eigenvalue weighted by Gasteiger charge is 2.68. The van der Waals surface area contributed by atoms with Crippen LogP contribution in [0.25, 0.3) is 0 Å². The average Bonchev–Trinajstić information content (AvgIpc) is 2.67. The Hall–Kier alpha value is -1.26. The topological polar surface area (TPSA) is 55.8 Å². The molecule has 0 bridgehead atoms. The Morgan fingerprint density at radius 1 is 1.30 bits per heavy atom. The minimum absolute atomic E-state index is 0.0997. The number of piperidine rings is 1. The maximum Gasteiger partial charge on any atom is 0.410 e. The Bertz CT molecular complexity index is 424. The summed E-state index contributed by atoms with van der Waals surface area (Å²) in [4.78, 5) is 25.6. The Morgan fingerprint density at radius 3 is 2.40 bits per heavy atom. The second kappa shape index (κ2) is 4.64. The van der Waals surface area contributed by atoms with Gasteiger partial charge in [0.1, 0.15) is 5.60 Å². The number of hydrogen-bond donors (Lipinski definition) is 0. The Balaban J connectivity index is 2.09. The predicted molar refractivity (Wildman–Crippen MR) is 74.1 cm³/mol. The zero-order valence-electron chi connectivity index (χ0n) is 13.2. The molecule has 1 saturated carbocycles. The number of nitrogens with zero attached hydrogens (tertiary/aromatic N) is 1. The van der Waals surface area contributed by atoms with E-state index in [0.29, 0.717) is 18.4 Å². The lowest BCUT2D eigenvalue weighted by atomic mass is 9.99. The third kappa shape index (κ3) is 2.63. The van der Waals surface area contributed by atoms with E-state index in [1.807, 2.05) is 20.8 Å². The molecule has 1 aliphatic heterocycles. The lowest BCUT2D eigenvalue weighted by Crippen LogP contribution is -2.44. The van der Waals surface area contributed by atoms with Crippen molar-refractivity contribution in [1.82, 2.24) is 4.90 Å². The molecule has 2 fully saturated rings. The fraction of sp³-hybridized carbons (Fsp3) is 0.867. The smallest absolute Gasteiger partial charge is 0.410 e. The Kier molecular flexibility index (Phi) is 3.51. The SMILES string of the molecule is COC(=O)CC1C2[C@H](CN1C(=O)OC(C)(C)C)C2(C)C. The van der Waals surface area contributed by atoms with Crippen molar-refractivity contribution in [3.63, 3.8) is 0 Å². The van der Waals surface area contributed by atoms with E-state index < -0.39 is 5.60 Å². The standard InChI is InChI=1S/C15H25NO4/c1-14(2,3)20-13(18)16-8-9-12(15(9,4)5)10(16)7-11(17)19-6/h9-10,12H,7-8H2,1-6H3/t9-,10?,12?/m0/s1. The fourth-order valence-electron chi connectivity index (χ4n) is 3.46. The second-order valence-electron chi connectivity index (χ2n) is 7.43. The summed E-state index contributed by atoms with van der Waals surface area (Å²) >= 11 is 0. The van der Waals surface area contributed by atoms with E-state index in [1.165, 1.54) is 7.11 Å². The van der Waals surface area contributed by atoms with E-state index in [1.54, 1.807) is 4.90 Å². The van der Waals surface area contributed by atoms with Gasteiger partial charge in [-0.15, -0.1) is 0 Å². The van der Waals surface area contributed by atoms with E-state index >= 15 is 0 Å². The molecule has 2 aliphatic rings. The second-order valence-corrected chi connectivity index (χ2v) is 7.43. The van der Waals surface area contributed by atoms with Crippen molar-refractivity contribution < 1.29 is 19.1 Å². The molecular formula is C15H25NO4. The Morgan fingerprint density at radius 2 is 1.90 bits per heavy atom. The van der Waals surface area contributed by atoms with Gasteiger partial charge in [-0.25, -0.2) is 4.79 Å². The summed E-state index contributed by atoms with van der Waals surface area (Å²) in [5.74, 6) is 0.561. The highest BCUT2D eigenvalue weighted by atomic mass is 16.6. The Labute approximate surface area is 120 Å². The van der Waals surface area contributed by atoms with E-state index in [4.69, 9.17) is 9.47 Å². The zero-order valence-corrected chi connectivity index (χ0v) is 13.2. The molecule has 1 amide bonds. The summed E-state index contributed by atoms with van der Waals surface area (Å²) in [6, 6.07) is -0.0997. The molecule has 3 atom stereocenters. The monoisotopic (exact) mass is 283 g/mol. The molecule has 5 nitrogen and oxygen atoms in total. The number of amides is 1. The van der Waals surface area contributed by atoms with Gasteiger partial charge in [0.05, 0.1) is 13.5 Å². The molecule has 0 aromatic carbocycles. The van der Waals surface area contributed by atoms with Crippen molar-refractivity contribution >= 4 is 12.1 Å². The van der Waals surface area contributed by atoms with Crippen molar-refractivity contribution in [1.29, 1.82) is 0 Å². The van der Waals surface area contributed by atoms with Crippen LogP contribution in [0.5, 0.6) is 0 Å². The van der Waals surface area contributed by atoms with Gasteiger partial charge in [-0.3, -0.25) is 4.79 Å². The van der Waals surface area contributed by atoms with Gasteiger partial charge in [0, 0.05) is 12.6 Å². The van der Waals surface area contributed by atoms with Gasteiger partial charge in [-0.05, 0) is 38.0 Å². The first-order valence-electron chi connectivity index (χ1n) is 7.14. The van der Waals surface area contributed by atoms with E-state index in [9.17, 15) is 9.59 Å². The number of ether oxygens (including phenoxy) is 2. The third-order valence-corrected chi connectivity index (χ3v) is 4.58. The largest absolute Gasteiger partial charge is 0.469 e. The molecule has 0 radical (unpaired) electrons. The van der Waals surface area contributed by atoms with Crippen molar-refractivity contribution in [3.05, 3.63) is 0 Å². The number of esters is 1. The molecule has 2 rings (SSSR count). The number of hydrogen-bond acceptors (Lipinski definition) is 4.